The van der Waals surface area contributed by atoms with Crippen LogP contribution < -0.4 is 5.73 Å². The lowest BCUT2D eigenvalue weighted by atomic mass is 9.44. The van der Waals surface area contributed by atoms with Gasteiger partial charge in [-0.2, -0.15) is 4.90 Å². The quantitative estimate of drug-likeness (QED) is 0.301. The molecule has 3 aliphatic carbocycles. The predicted octanol–water partition coefficient (Wildman–Crippen LogP) is 5.06. The van der Waals surface area contributed by atoms with E-state index in [4.69, 9.17) is 5.73 Å². The summed E-state index contributed by atoms with van der Waals surface area (Å²) in [5, 5.41) is 11.4. The standard InChI is InChI=1S/C35H27BrN2O6/c36-20-11-14-27(39)25(15-20)30-21-12-13-22-29(33(43)38(32(22)42)34(37)44)24(21)16-26-31(41)23(18-7-3-1-4-8-18)17-28(40)35(26,30)19-9-5-2-6-10-19/h1-12,14-15,17,22,24,26,29-30,39H,13,16H2,(H2,37,44). The summed E-state index contributed by atoms with van der Waals surface area (Å²) < 4.78 is 0.656. The number of phenols is 1. The number of nitrogens with zero attached hydrogens (tertiary/aromatic N) is 1. The summed E-state index contributed by atoms with van der Waals surface area (Å²) in [5.74, 6) is -6.18. The number of likely N-dealkylation sites (tertiary alicyclic amines) is 1. The second kappa shape index (κ2) is 10.2. The Bertz CT molecular complexity index is 1830. The van der Waals surface area contributed by atoms with Crippen molar-refractivity contribution in [3.63, 3.8) is 0 Å². The Morgan fingerprint density at radius 1 is 0.909 bits per heavy atom. The van der Waals surface area contributed by atoms with Crippen LogP contribution in [0.25, 0.3) is 5.57 Å². The van der Waals surface area contributed by atoms with E-state index in [1.165, 1.54) is 12.1 Å². The maximum absolute atomic E-state index is 14.9. The Balaban J connectivity index is 1.53. The number of benzene rings is 3. The van der Waals surface area contributed by atoms with E-state index in [1.54, 1.807) is 36.4 Å². The maximum Gasteiger partial charge on any atom is 0.328 e. The number of Topliss-reactive ketones (excluding diaryl/α,β-unsaturated/α-hetero) is 1. The maximum atomic E-state index is 14.9. The van der Waals surface area contributed by atoms with Gasteiger partial charge in [0.2, 0.25) is 11.8 Å². The molecule has 8 nitrogen and oxygen atoms in total. The number of aromatic hydroxyl groups is 1. The minimum absolute atomic E-state index is 0.0680. The summed E-state index contributed by atoms with van der Waals surface area (Å²) in [4.78, 5) is 69.3. The van der Waals surface area contributed by atoms with Crippen LogP contribution in [-0.4, -0.2) is 39.4 Å². The number of phenolic OH excluding ortho intramolecular Hbond substituents is 1. The highest BCUT2D eigenvalue weighted by Crippen LogP contribution is 2.64. The molecule has 3 aromatic rings. The molecule has 4 amide bonds. The summed E-state index contributed by atoms with van der Waals surface area (Å²) in [5.41, 5.74) is 6.60. The van der Waals surface area contributed by atoms with Crippen molar-refractivity contribution in [2.75, 3.05) is 0 Å². The van der Waals surface area contributed by atoms with Gasteiger partial charge in [-0.3, -0.25) is 19.2 Å². The van der Waals surface area contributed by atoms with Gasteiger partial charge in [-0.05, 0) is 54.2 Å². The lowest BCUT2D eigenvalue weighted by Crippen LogP contribution is -2.58. The van der Waals surface area contributed by atoms with Crippen molar-refractivity contribution in [3.05, 3.63) is 118 Å². The molecule has 0 spiro atoms. The average Bonchev–Trinajstić information content (AvgIpc) is 3.29. The third-order valence-corrected chi connectivity index (χ3v) is 10.4. The van der Waals surface area contributed by atoms with Gasteiger partial charge in [-0.25, -0.2) is 4.79 Å². The van der Waals surface area contributed by atoms with E-state index in [0.29, 0.717) is 31.6 Å². The van der Waals surface area contributed by atoms with Crippen molar-refractivity contribution in [2.45, 2.75) is 24.2 Å². The molecular formula is C35H27BrN2O6. The number of carbonyl (C=O) groups excluding carboxylic acids is 5. The number of rotatable bonds is 3. The van der Waals surface area contributed by atoms with Crippen LogP contribution in [0.5, 0.6) is 5.75 Å². The SMILES string of the molecule is NC(=O)N1C(=O)C2CC=C3C(CC4C(=O)C(c5ccccc5)=CC(=O)C4(c4ccccc4)C3c3cc(Br)ccc3O)C2C1=O. The third kappa shape index (κ3) is 3.85. The van der Waals surface area contributed by atoms with Crippen LogP contribution >= 0.6 is 15.9 Å². The number of fused-ring (bicyclic) bond motifs is 4. The molecule has 1 saturated heterocycles. The summed E-state index contributed by atoms with van der Waals surface area (Å²) in [6.07, 6.45) is 3.53. The molecule has 3 N–H and O–H groups in total. The van der Waals surface area contributed by atoms with Crippen LogP contribution in [0.15, 0.2) is 101 Å². The first-order chi connectivity index (χ1) is 21.2. The van der Waals surface area contributed by atoms with Crippen LogP contribution in [0.2, 0.25) is 0 Å². The van der Waals surface area contributed by atoms with Crippen LogP contribution in [0.4, 0.5) is 4.79 Å². The number of nitrogens with two attached hydrogens (primary N) is 1. The molecule has 0 aromatic heterocycles. The minimum Gasteiger partial charge on any atom is -0.508 e. The molecule has 0 radical (unpaired) electrons. The molecule has 44 heavy (non-hydrogen) atoms. The topological polar surface area (TPSA) is 135 Å². The third-order valence-electron chi connectivity index (χ3n) is 9.90. The van der Waals surface area contributed by atoms with Gasteiger partial charge in [0.25, 0.3) is 0 Å². The molecule has 1 saturated carbocycles. The van der Waals surface area contributed by atoms with E-state index >= 15 is 0 Å². The smallest absolute Gasteiger partial charge is 0.328 e. The number of halogens is 1. The zero-order valence-corrected chi connectivity index (χ0v) is 24.9. The number of hydrogen-bond acceptors (Lipinski definition) is 6. The molecule has 1 heterocycles. The van der Waals surface area contributed by atoms with Gasteiger partial charge in [0.1, 0.15) is 5.75 Å². The van der Waals surface area contributed by atoms with Crippen LogP contribution in [0, 0.1) is 23.7 Å². The first kappa shape index (κ1) is 28.2. The highest BCUT2D eigenvalue weighted by Gasteiger charge is 2.66. The number of hydrogen-bond donors (Lipinski definition) is 2. The fraction of sp³-hybridized carbons (Fsp3) is 0.229. The monoisotopic (exact) mass is 650 g/mol. The number of allylic oxidation sites excluding steroid dienone is 4. The molecular weight excluding hydrogens is 624 g/mol. The first-order valence-electron chi connectivity index (χ1n) is 14.4. The Kier molecular flexibility index (Phi) is 6.55. The Hall–Kier alpha value is -4.63. The molecule has 9 heteroatoms. The molecule has 6 atom stereocenters. The van der Waals surface area contributed by atoms with E-state index in [0.717, 1.165) is 0 Å². The van der Waals surface area contributed by atoms with Crippen molar-refractivity contribution in [1.82, 2.24) is 4.90 Å². The Labute approximate surface area is 261 Å². The molecule has 6 unspecified atom stereocenters. The van der Waals surface area contributed by atoms with Gasteiger partial charge >= 0.3 is 6.03 Å². The molecule has 220 valence electrons. The fourth-order valence-corrected chi connectivity index (χ4v) is 8.57. The van der Waals surface area contributed by atoms with Gasteiger partial charge < -0.3 is 10.8 Å². The van der Waals surface area contributed by atoms with Gasteiger partial charge in [-0.15, -0.1) is 0 Å². The van der Waals surface area contributed by atoms with Crippen molar-refractivity contribution in [1.29, 1.82) is 0 Å². The van der Waals surface area contributed by atoms with Crippen LogP contribution in [0.3, 0.4) is 0 Å². The second-order valence-electron chi connectivity index (χ2n) is 11.8. The van der Waals surface area contributed by atoms with Crippen LogP contribution in [0.1, 0.15) is 35.4 Å². The van der Waals surface area contributed by atoms with Gasteiger partial charge in [0.15, 0.2) is 11.6 Å². The van der Waals surface area contributed by atoms with Crippen molar-refractivity contribution >= 4 is 50.9 Å². The van der Waals surface area contributed by atoms with E-state index in [9.17, 15) is 29.1 Å². The summed E-state index contributed by atoms with van der Waals surface area (Å²) in [6.45, 7) is 0. The summed E-state index contributed by atoms with van der Waals surface area (Å²) >= 11 is 3.52. The zero-order chi connectivity index (χ0) is 30.9. The van der Waals surface area contributed by atoms with Gasteiger partial charge in [0.05, 0.1) is 17.3 Å². The Morgan fingerprint density at radius 2 is 1.59 bits per heavy atom. The van der Waals surface area contributed by atoms with Gasteiger partial charge in [0, 0.05) is 27.4 Å². The van der Waals surface area contributed by atoms with E-state index < -0.39 is 52.8 Å². The van der Waals surface area contributed by atoms with E-state index in [-0.39, 0.29) is 35.7 Å². The van der Waals surface area contributed by atoms with Gasteiger partial charge in [-0.1, -0.05) is 88.2 Å². The lowest BCUT2D eigenvalue weighted by molar-refractivity contribution is -0.137. The number of ketones is 2. The number of imide groups is 3. The normalized spacial score (nSPS) is 29.4. The van der Waals surface area contributed by atoms with Crippen molar-refractivity contribution < 1.29 is 29.1 Å². The summed E-state index contributed by atoms with van der Waals surface area (Å²) in [7, 11) is 0. The highest BCUT2D eigenvalue weighted by atomic mass is 79.9. The molecule has 4 aliphatic rings. The number of primary amides is 1. The highest BCUT2D eigenvalue weighted by molar-refractivity contribution is 9.10. The Morgan fingerprint density at radius 3 is 2.27 bits per heavy atom. The van der Waals surface area contributed by atoms with E-state index in [1.807, 2.05) is 42.5 Å². The molecule has 2 fully saturated rings. The number of urea groups is 1. The molecule has 1 aliphatic heterocycles. The fourth-order valence-electron chi connectivity index (χ4n) is 8.19. The zero-order valence-electron chi connectivity index (χ0n) is 23.4. The molecule has 7 rings (SSSR count). The van der Waals surface area contributed by atoms with Crippen LogP contribution in [-0.2, 0) is 24.6 Å². The average molecular weight is 652 g/mol. The molecule has 3 aromatic carbocycles. The predicted molar refractivity (Wildman–Crippen MR) is 164 cm³/mol. The second-order valence-corrected chi connectivity index (χ2v) is 12.8. The minimum atomic E-state index is -1.46. The largest absolute Gasteiger partial charge is 0.508 e. The van der Waals surface area contributed by atoms with Crippen molar-refractivity contribution in [3.8, 4) is 5.75 Å². The lowest BCUT2D eigenvalue weighted by Gasteiger charge is -2.55. The van der Waals surface area contributed by atoms with E-state index in [2.05, 4.69) is 15.9 Å². The van der Waals surface area contributed by atoms with Crippen molar-refractivity contribution in [2.24, 2.45) is 29.4 Å². The first-order valence-corrected chi connectivity index (χ1v) is 15.2. The number of carbonyl (C=O) groups is 5. The molecule has 0 bridgehead atoms. The summed E-state index contributed by atoms with van der Waals surface area (Å²) in [6, 6.07) is 21.9. The number of amides is 4.